The fourth-order valence-electron chi connectivity index (χ4n) is 17.2. The number of rotatable bonds is 52. The van der Waals surface area contributed by atoms with Gasteiger partial charge in [0.1, 0.15) is 0 Å². The molecule has 2 aliphatic heterocycles. The van der Waals surface area contributed by atoms with E-state index in [0.29, 0.717) is 42.0 Å². The van der Waals surface area contributed by atoms with Crippen LogP contribution in [0.2, 0.25) is 0 Å². The molecule has 9 aromatic rings. The van der Waals surface area contributed by atoms with Crippen LogP contribution in [-0.2, 0) is 9.59 Å². The van der Waals surface area contributed by atoms with Crippen LogP contribution < -0.4 is 0 Å². The number of nitrogens with zero attached hydrogens (tertiary/aromatic N) is 2. The Morgan fingerprint density at radius 1 is 0.324 bits per heavy atom. The number of benzene rings is 3. The molecule has 0 saturated carbocycles. The molecule has 3 aliphatic rings. The molecule has 12 rings (SSSR count). The van der Waals surface area contributed by atoms with Crippen LogP contribution in [0.3, 0.4) is 0 Å². The minimum Gasteiger partial charge on any atom is -0.306 e. The standard InChI is InChI=1S/C98H126N2O2S6/c1-5-9-13-17-21-25-27-31-35-39-49-73(47-37-33-29-23-19-15-11-7-3)71-99-95(91-69-67-89(107-91)87-65-63-85(105-87)83-61-59-81(103-83)79-57-45-53-75-51-41-43-55-77(75)79)93-94(97(99)101)96(100(98(93)102)72-74(48-38-34-30-24-20-16-12-8-4)50-40-36-32-28-26-22-18-14-10-6-2)92-70-68-90(108-92)88-66-64-86(106-88)84-62-60-82(104-84)80-58-46-54-76-52-42-44-56-78(76)80/h41-46,51-57,59-70,73-74,80H,5-40,47-50,58,71-72H2,1-4H3. The van der Waals surface area contributed by atoms with Crippen molar-refractivity contribution >= 4 is 108 Å². The average molecular weight is 1560 g/mol. The summed E-state index contributed by atoms with van der Waals surface area (Å²) in [4.78, 5) is 52.5. The number of carbonyl (C=O) groups is 2. The third-order valence-electron chi connectivity index (χ3n) is 23.5. The molecule has 108 heavy (non-hydrogen) atoms. The van der Waals surface area contributed by atoms with E-state index in [-0.39, 0.29) is 11.8 Å². The summed E-state index contributed by atoms with van der Waals surface area (Å²) in [6, 6.07) is 52.0. The molecule has 3 unspecified atom stereocenters. The zero-order valence-electron chi connectivity index (χ0n) is 66.2. The first kappa shape index (κ1) is 81.8. The third kappa shape index (κ3) is 22.4. The summed E-state index contributed by atoms with van der Waals surface area (Å²) in [6.45, 7) is 10.5. The number of hydrogen-bond acceptors (Lipinski definition) is 8. The van der Waals surface area contributed by atoms with Crippen molar-refractivity contribution < 1.29 is 9.59 Å². The predicted octanol–water partition coefficient (Wildman–Crippen LogP) is 32.8. The highest BCUT2D eigenvalue weighted by atomic mass is 32.1. The van der Waals surface area contributed by atoms with Gasteiger partial charge in [-0.1, -0.05) is 338 Å². The fraction of sp³-hybridized carbons (Fsp3) is 0.510. The van der Waals surface area contributed by atoms with Gasteiger partial charge in [-0.2, -0.15) is 0 Å². The second-order valence-electron chi connectivity index (χ2n) is 31.8. The lowest BCUT2D eigenvalue weighted by atomic mass is 9.86. The number of carbonyl (C=O) groups excluding carboxylic acids is 2. The van der Waals surface area contributed by atoms with Crippen LogP contribution in [0.4, 0.5) is 0 Å². The SMILES string of the molecule is CCCCCCCCCCCCC(CCCCCCCCCC)CN1C(=O)C2=C(c3ccc(-c4ccc(-c5ccc(C6CC=Cc7ccccc76)s5)s4)s3)N(CC(CCCCCCCCCC)CCCCCCCCCCCC)C(=O)C2=C1c1ccc(-c2ccc(-c3ccc(-c4cccc5ccccc45)s3)s2)s1. The highest BCUT2D eigenvalue weighted by Crippen LogP contribution is 2.53. The Morgan fingerprint density at radius 2 is 0.648 bits per heavy atom. The quantitative estimate of drug-likeness (QED) is 0.0357. The molecule has 2 amide bonds. The van der Waals surface area contributed by atoms with Gasteiger partial charge in [-0.3, -0.25) is 9.59 Å². The van der Waals surface area contributed by atoms with Crippen molar-refractivity contribution in [3.05, 3.63) is 183 Å². The van der Waals surface area contributed by atoms with E-state index >= 15 is 9.59 Å². The topological polar surface area (TPSA) is 40.6 Å². The van der Waals surface area contributed by atoms with Gasteiger partial charge in [0.05, 0.1) is 32.3 Å². The zero-order valence-corrected chi connectivity index (χ0v) is 71.1. The highest BCUT2D eigenvalue weighted by Gasteiger charge is 2.50. The van der Waals surface area contributed by atoms with Crippen LogP contribution in [0.1, 0.15) is 323 Å². The molecular weight excluding hydrogens is 1430 g/mol. The molecule has 0 radical (unpaired) electrons. The summed E-state index contributed by atoms with van der Waals surface area (Å²) < 4.78 is 0. The molecule has 3 aromatic carbocycles. The van der Waals surface area contributed by atoms with Gasteiger partial charge in [0.2, 0.25) is 0 Å². The Balaban J connectivity index is 0.890. The Kier molecular flexibility index (Phi) is 33.2. The van der Waals surface area contributed by atoms with Gasteiger partial charge >= 0.3 is 0 Å². The van der Waals surface area contributed by atoms with Crippen molar-refractivity contribution in [2.24, 2.45) is 11.8 Å². The lowest BCUT2D eigenvalue weighted by Gasteiger charge is -2.29. The second-order valence-corrected chi connectivity index (χ2v) is 38.4. The van der Waals surface area contributed by atoms with Gasteiger partial charge in [-0.05, 0) is 144 Å². The lowest BCUT2D eigenvalue weighted by molar-refractivity contribution is -0.124. The average Bonchev–Trinajstić information content (AvgIpc) is 1.55. The number of fused-ring (bicyclic) bond motifs is 3. The van der Waals surface area contributed by atoms with E-state index in [1.807, 2.05) is 45.3 Å². The van der Waals surface area contributed by atoms with Crippen LogP contribution in [0.15, 0.2) is 157 Å². The highest BCUT2D eigenvalue weighted by molar-refractivity contribution is 7.28. The second kappa shape index (κ2) is 43.9. The van der Waals surface area contributed by atoms with E-state index in [1.54, 1.807) is 22.7 Å². The Hall–Kier alpha value is -5.72. The van der Waals surface area contributed by atoms with E-state index in [4.69, 9.17) is 0 Å². The van der Waals surface area contributed by atoms with Crippen molar-refractivity contribution in [1.82, 2.24) is 9.80 Å². The van der Waals surface area contributed by atoms with Crippen molar-refractivity contribution in [3.63, 3.8) is 0 Å². The smallest absolute Gasteiger partial charge is 0.261 e. The van der Waals surface area contributed by atoms with Gasteiger partial charge in [-0.15, -0.1) is 68.0 Å². The van der Waals surface area contributed by atoms with Crippen molar-refractivity contribution in [1.29, 1.82) is 0 Å². The predicted molar refractivity (Wildman–Crippen MR) is 478 cm³/mol. The molecule has 0 spiro atoms. The minimum atomic E-state index is 0.0372. The largest absolute Gasteiger partial charge is 0.306 e. The molecule has 0 bridgehead atoms. The van der Waals surface area contributed by atoms with Crippen LogP contribution in [-0.4, -0.2) is 34.7 Å². The molecule has 576 valence electrons. The fourth-order valence-corrected chi connectivity index (χ4v) is 23.9. The summed E-state index contributed by atoms with van der Waals surface area (Å²) in [5.74, 6) is 1.12. The Bertz CT molecular complexity index is 4300. The third-order valence-corrected chi connectivity index (χ3v) is 30.9. The molecule has 10 heteroatoms. The maximum absolute atomic E-state index is 16.7. The summed E-state index contributed by atoms with van der Waals surface area (Å²) in [7, 11) is 0. The molecule has 6 aromatic heterocycles. The first-order valence-corrected chi connectivity index (χ1v) is 48.2. The molecule has 4 nitrogen and oxygen atoms in total. The first-order valence-electron chi connectivity index (χ1n) is 43.3. The summed E-state index contributed by atoms with van der Waals surface area (Å²) in [5, 5.41) is 2.55. The van der Waals surface area contributed by atoms with Crippen LogP contribution in [0.5, 0.6) is 0 Å². The Labute approximate surface area is 675 Å². The van der Waals surface area contributed by atoms with Crippen LogP contribution in [0.25, 0.3) is 77.7 Å². The van der Waals surface area contributed by atoms with Gasteiger partial charge < -0.3 is 9.80 Å². The van der Waals surface area contributed by atoms with Gasteiger partial charge in [-0.25, -0.2) is 0 Å². The maximum Gasteiger partial charge on any atom is 0.261 e. The van der Waals surface area contributed by atoms with Gasteiger partial charge in [0.15, 0.2) is 0 Å². The molecule has 3 atom stereocenters. The van der Waals surface area contributed by atoms with Crippen LogP contribution >= 0.6 is 68.0 Å². The number of amides is 2. The number of allylic oxidation sites excluding steroid dienone is 1. The van der Waals surface area contributed by atoms with Crippen molar-refractivity contribution in [2.75, 3.05) is 13.1 Å². The van der Waals surface area contributed by atoms with E-state index < -0.39 is 0 Å². The van der Waals surface area contributed by atoms with Gasteiger partial charge in [0.25, 0.3) is 11.8 Å². The molecule has 1 aliphatic carbocycles. The Morgan fingerprint density at radius 3 is 1.07 bits per heavy atom. The molecule has 0 fully saturated rings. The molecule has 0 N–H and O–H groups in total. The van der Waals surface area contributed by atoms with Gasteiger partial charge in [0, 0.05) is 67.8 Å². The minimum absolute atomic E-state index is 0.0372. The molecular formula is C98H126N2O2S6. The van der Waals surface area contributed by atoms with E-state index in [1.165, 1.54) is 307 Å². The first-order chi connectivity index (χ1) is 53.3. The number of thiophene rings is 6. The zero-order chi connectivity index (χ0) is 74.5. The summed E-state index contributed by atoms with van der Waals surface area (Å²) in [6.07, 6.45) is 56.9. The van der Waals surface area contributed by atoms with E-state index in [2.05, 4.69) is 189 Å². The van der Waals surface area contributed by atoms with Crippen molar-refractivity contribution in [2.45, 2.75) is 297 Å². The normalized spacial score (nSPS) is 15.0. The summed E-state index contributed by atoms with van der Waals surface area (Å²) in [5.41, 5.74) is 7.08. The van der Waals surface area contributed by atoms with E-state index in [9.17, 15) is 0 Å². The maximum atomic E-state index is 16.7. The summed E-state index contributed by atoms with van der Waals surface area (Å²) >= 11 is 11.1. The molecule has 0 saturated heterocycles. The molecule has 8 heterocycles. The lowest BCUT2D eigenvalue weighted by Crippen LogP contribution is -2.34. The van der Waals surface area contributed by atoms with E-state index in [0.717, 1.165) is 53.3 Å². The number of unbranched alkanes of at least 4 members (excludes halogenated alkanes) is 32. The van der Waals surface area contributed by atoms with Crippen molar-refractivity contribution in [3.8, 4) is 49.5 Å². The number of hydrogen-bond donors (Lipinski definition) is 0. The monoisotopic (exact) mass is 1550 g/mol. The van der Waals surface area contributed by atoms with Crippen LogP contribution in [0, 0.1) is 11.8 Å².